The molecular formula is C21H33N7O6. The highest BCUT2D eigenvalue weighted by atomic mass is 16.4. The van der Waals surface area contributed by atoms with Crippen LogP contribution in [0.4, 0.5) is 0 Å². The van der Waals surface area contributed by atoms with E-state index in [1.165, 1.54) is 6.92 Å². The van der Waals surface area contributed by atoms with Crippen LogP contribution in [0.15, 0.2) is 35.3 Å². The fourth-order valence-corrected chi connectivity index (χ4v) is 2.89. The standard InChI is InChI=1S/C21H33N7O6/c1-12(29)17(19(32)27-15(20(33)34)10-13-6-3-2-4-7-13)28-16(30)11-26-18(31)14(22)8-5-9-25-21(23)24/h2-4,6-7,12,14-15,17,29H,5,8-11,22H2,1H3,(H,26,31)(H,27,32)(H,28,30)(H,33,34)(H4,23,24,25). The number of aliphatic imine (C=N–C) groups is 1. The second-order valence-corrected chi connectivity index (χ2v) is 7.65. The van der Waals surface area contributed by atoms with Gasteiger partial charge in [-0.1, -0.05) is 30.3 Å². The lowest BCUT2D eigenvalue weighted by Crippen LogP contribution is -2.57. The summed E-state index contributed by atoms with van der Waals surface area (Å²) in [5.41, 5.74) is 16.8. The molecule has 4 unspecified atom stereocenters. The Morgan fingerprint density at radius 3 is 2.26 bits per heavy atom. The Hall–Kier alpha value is -3.71. The Bertz CT molecular complexity index is 858. The third-order valence-corrected chi connectivity index (χ3v) is 4.71. The number of aliphatic carboxylic acids is 1. The van der Waals surface area contributed by atoms with Crippen molar-refractivity contribution in [2.24, 2.45) is 22.2 Å². The largest absolute Gasteiger partial charge is 0.480 e. The number of nitrogens with zero attached hydrogens (tertiary/aromatic N) is 1. The van der Waals surface area contributed by atoms with Crippen molar-refractivity contribution < 1.29 is 29.4 Å². The molecule has 0 aliphatic heterocycles. The highest BCUT2D eigenvalue weighted by Gasteiger charge is 2.30. The first-order valence-electron chi connectivity index (χ1n) is 10.6. The van der Waals surface area contributed by atoms with Crippen molar-refractivity contribution in [3.63, 3.8) is 0 Å². The minimum atomic E-state index is -1.43. The van der Waals surface area contributed by atoms with Crippen LogP contribution in [0, 0.1) is 0 Å². The average molecular weight is 480 g/mol. The van der Waals surface area contributed by atoms with Crippen LogP contribution in [0.2, 0.25) is 0 Å². The molecule has 3 amide bonds. The fourth-order valence-electron chi connectivity index (χ4n) is 2.89. The Kier molecular flexibility index (Phi) is 12.0. The number of amides is 3. The van der Waals surface area contributed by atoms with Gasteiger partial charge >= 0.3 is 5.97 Å². The molecule has 1 rings (SSSR count). The van der Waals surface area contributed by atoms with E-state index in [9.17, 15) is 29.4 Å². The molecule has 0 saturated heterocycles. The number of aliphatic hydroxyl groups is 1. The maximum atomic E-state index is 12.6. The van der Waals surface area contributed by atoms with Crippen LogP contribution in [0.5, 0.6) is 0 Å². The van der Waals surface area contributed by atoms with E-state index in [-0.39, 0.29) is 18.8 Å². The van der Waals surface area contributed by atoms with Crippen molar-refractivity contribution in [2.75, 3.05) is 13.1 Å². The molecule has 4 atom stereocenters. The minimum Gasteiger partial charge on any atom is -0.480 e. The van der Waals surface area contributed by atoms with Crippen LogP contribution >= 0.6 is 0 Å². The second kappa shape index (κ2) is 14.4. The van der Waals surface area contributed by atoms with Crippen LogP contribution in [-0.4, -0.2) is 77.2 Å². The zero-order valence-electron chi connectivity index (χ0n) is 18.9. The minimum absolute atomic E-state index is 0.0134. The zero-order valence-corrected chi connectivity index (χ0v) is 18.9. The first-order chi connectivity index (χ1) is 16.0. The quantitative estimate of drug-likeness (QED) is 0.0778. The van der Waals surface area contributed by atoms with Crippen LogP contribution in [-0.2, 0) is 25.6 Å². The topological polar surface area (TPSA) is 235 Å². The van der Waals surface area contributed by atoms with Crippen molar-refractivity contribution in [3.8, 4) is 0 Å². The molecule has 13 nitrogen and oxygen atoms in total. The van der Waals surface area contributed by atoms with Crippen molar-refractivity contribution >= 4 is 29.7 Å². The number of hydrogen-bond donors (Lipinski definition) is 8. The van der Waals surface area contributed by atoms with E-state index in [0.29, 0.717) is 18.5 Å². The number of aliphatic hydroxyl groups excluding tert-OH is 1. The molecule has 0 aliphatic carbocycles. The van der Waals surface area contributed by atoms with E-state index in [4.69, 9.17) is 17.2 Å². The van der Waals surface area contributed by atoms with Gasteiger partial charge < -0.3 is 43.4 Å². The molecule has 0 spiro atoms. The van der Waals surface area contributed by atoms with E-state index in [2.05, 4.69) is 20.9 Å². The molecule has 1 aromatic rings. The van der Waals surface area contributed by atoms with Gasteiger partial charge in [0.1, 0.15) is 12.1 Å². The lowest BCUT2D eigenvalue weighted by Gasteiger charge is -2.23. The van der Waals surface area contributed by atoms with E-state index >= 15 is 0 Å². The van der Waals surface area contributed by atoms with Gasteiger partial charge in [0.25, 0.3) is 0 Å². The van der Waals surface area contributed by atoms with Crippen molar-refractivity contribution in [1.29, 1.82) is 0 Å². The van der Waals surface area contributed by atoms with E-state index < -0.39 is 54.5 Å². The number of guanidine groups is 1. The molecule has 0 bridgehead atoms. The lowest BCUT2D eigenvalue weighted by molar-refractivity contribution is -0.142. The van der Waals surface area contributed by atoms with Crippen LogP contribution in [0.1, 0.15) is 25.3 Å². The lowest BCUT2D eigenvalue weighted by atomic mass is 10.0. The summed E-state index contributed by atoms with van der Waals surface area (Å²) >= 11 is 0. The summed E-state index contributed by atoms with van der Waals surface area (Å²) in [5, 5.41) is 26.3. The highest BCUT2D eigenvalue weighted by molar-refractivity contribution is 5.92. The Morgan fingerprint density at radius 1 is 1.06 bits per heavy atom. The van der Waals surface area contributed by atoms with Crippen molar-refractivity contribution in [2.45, 2.75) is 50.4 Å². The normalized spacial score (nSPS) is 14.1. The van der Waals surface area contributed by atoms with Crippen molar-refractivity contribution in [3.05, 3.63) is 35.9 Å². The third-order valence-electron chi connectivity index (χ3n) is 4.71. The maximum Gasteiger partial charge on any atom is 0.326 e. The summed E-state index contributed by atoms with van der Waals surface area (Å²) in [6.45, 7) is 1.07. The molecule has 11 N–H and O–H groups in total. The van der Waals surface area contributed by atoms with Gasteiger partial charge in [-0.15, -0.1) is 0 Å². The molecule has 0 radical (unpaired) electrons. The predicted octanol–water partition coefficient (Wildman–Crippen LogP) is -2.84. The van der Waals surface area contributed by atoms with Gasteiger partial charge in [0.15, 0.2) is 5.96 Å². The van der Waals surface area contributed by atoms with Gasteiger partial charge in [0.2, 0.25) is 17.7 Å². The number of carboxylic acids is 1. The van der Waals surface area contributed by atoms with Gasteiger partial charge in [-0.25, -0.2) is 4.79 Å². The molecule has 0 heterocycles. The molecule has 0 aliphatic rings. The predicted molar refractivity (Wildman–Crippen MR) is 124 cm³/mol. The van der Waals surface area contributed by atoms with Gasteiger partial charge in [-0.2, -0.15) is 0 Å². The van der Waals surface area contributed by atoms with Crippen LogP contribution in [0.25, 0.3) is 0 Å². The van der Waals surface area contributed by atoms with Crippen LogP contribution < -0.4 is 33.2 Å². The zero-order chi connectivity index (χ0) is 25.7. The van der Waals surface area contributed by atoms with E-state index in [1.807, 2.05) is 0 Å². The molecule has 0 saturated carbocycles. The van der Waals surface area contributed by atoms with Gasteiger partial charge in [-0.3, -0.25) is 19.4 Å². The maximum absolute atomic E-state index is 12.6. The number of nitrogens with one attached hydrogen (secondary N) is 3. The summed E-state index contributed by atoms with van der Waals surface area (Å²) in [6, 6.07) is 5.06. The van der Waals surface area contributed by atoms with Crippen LogP contribution in [0.3, 0.4) is 0 Å². The molecule has 1 aromatic carbocycles. The summed E-state index contributed by atoms with van der Waals surface area (Å²) in [4.78, 5) is 52.2. The summed E-state index contributed by atoms with van der Waals surface area (Å²) < 4.78 is 0. The van der Waals surface area contributed by atoms with Crippen molar-refractivity contribution in [1.82, 2.24) is 16.0 Å². The average Bonchev–Trinajstić information content (AvgIpc) is 2.78. The number of nitrogens with two attached hydrogens (primary N) is 3. The molecule has 188 valence electrons. The first-order valence-corrected chi connectivity index (χ1v) is 10.6. The number of benzene rings is 1. The number of carbonyl (C=O) groups excluding carboxylic acids is 3. The van der Waals surface area contributed by atoms with Gasteiger partial charge in [0.05, 0.1) is 18.7 Å². The molecule has 0 aromatic heterocycles. The highest BCUT2D eigenvalue weighted by Crippen LogP contribution is 2.05. The van der Waals surface area contributed by atoms with Gasteiger partial charge in [0, 0.05) is 13.0 Å². The Labute approximate surface area is 197 Å². The Balaban J connectivity index is 2.59. The second-order valence-electron chi connectivity index (χ2n) is 7.65. The number of carbonyl (C=O) groups is 4. The third kappa shape index (κ3) is 10.7. The SMILES string of the molecule is CC(O)C(NC(=O)CNC(=O)C(N)CCCN=C(N)N)C(=O)NC(Cc1ccccc1)C(=O)O. The first kappa shape index (κ1) is 28.3. The van der Waals surface area contributed by atoms with E-state index in [1.54, 1.807) is 30.3 Å². The summed E-state index contributed by atoms with van der Waals surface area (Å²) in [6.07, 6.45) is -0.583. The summed E-state index contributed by atoms with van der Waals surface area (Å²) in [7, 11) is 0. The number of carboxylic acid groups (broad SMARTS) is 1. The molecule has 0 fully saturated rings. The molecule has 13 heteroatoms. The number of rotatable bonds is 14. The molecular weight excluding hydrogens is 446 g/mol. The number of hydrogen-bond acceptors (Lipinski definition) is 7. The fraction of sp³-hybridized carbons (Fsp3) is 0.476. The molecule has 34 heavy (non-hydrogen) atoms. The Morgan fingerprint density at radius 2 is 1.71 bits per heavy atom. The monoisotopic (exact) mass is 479 g/mol. The van der Waals surface area contributed by atoms with Gasteiger partial charge in [-0.05, 0) is 25.3 Å². The van der Waals surface area contributed by atoms with E-state index in [0.717, 1.165) is 0 Å². The smallest absolute Gasteiger partial charge is 0.326 e. The summed E-state index contributed by atoms with van der Waals surface area (Å²) in [5.74, 6) is -3.58.